The number of hydrogen-bond donors (Lipinski definition) is 2. The summed E-state index contributed by atoms with van der Waals surface area (Å²) >= 11 is 1.59. The molecule has 0 bridgehead atoms. The summed E-state index contributed by atoms with van der Waals surface area (Å²) in [6.45, 7) is 1.64. The van der Waals surface area contributed by atoms with E-state index in [-0.39, 0.29) is 5.75 Å². The van der Waals surface area contributed by atoms with E-state index in [2.05, 4.69) is 0 Å². The maximum Gasteiger partial charge on any atom is 0.121 e. The normalized spacial score (nSPS) is 12.9. The minimum atomic E-state index is -0.614. The Balaban J connectivity index is 3.08. The van der Waals surface area contributed by atoms with Gasteiger partial charge in [0.15, 0.2) is 0 Å². The van der Waals surface area contributed by atoms with Crippen molar-refractivity contribution in [3.05, 3.63) is 23.8 Å². The van der Waals surface area contributed by atoms with Gasteiger partial charge in [0.1, 0.15) is 5.75 Å². The van der Waals surface area contributed by atoms with Gasteiger partial charge in [0.2, 0.25) is 0 Å². The second kappa shape index (κ2) is 3.83. The molecule has 0 aromatic heterocycles. The molecule has 0 aliphatic carbocycles. The molecule has 1 atom stereocenters. The number of benzene rings is 1. The van der Waals surface area contributed by atoms with Gasteiger partial charge in [-0.1, -0.05) is 0 Å². The first kappa shape index (κ1) is 9.42. The third-order valence-corrected chi connectivity index (χ3v) is 2.41. The van der Waals surface area contributed by atoms with Crippen LogP contribution in [0.5, 0.6) is 5.75 Å². The van der Waals surface area contributed by atoms with Gasteiger partial charge in [-0.15, -0.1) is 11.8 Å². The number of aromatic hydroxyl groups is 1. The number of phenolic OH excluding ortho intramolecular Hbond substituents is 1. The van der Waals surface area contributed by atoms with Crippen molar-refractivity contribution in [2.45, 2.75) is 17.9 Å². The molecule has 0 amide bonds. The largest absolute Gasteiger partial charge is 0.508 e. The molecule has 0 saturated carbocycles. The SMILES string of the molecule is CSc1ccc(O)c(C(C)O)c1. The maximum atomic E-state index is 9.33. The molecule has 66 valence electrons. The Hall–Kier alpha value is -0.670. The van der Waals surface area contributed by atoms with Crippen molar-refractivity contribution in [3.8, 4) is 5.75 Å². The van der Waals surface area contributed by atoms with Gasteiger partial charge in [0, 0.05) is 10.5 Å². The molecular formula is C9H12O2S. The van der Waals surface area contributed by atoms with Crippen LogP contribution in [0.4, 0.5) is 0 Å². The van der Waals surface area contributed by atoms with Crippen molar-refractivity contribution < 1.29 is 10.2 Å². The fourth-order valence-electron chi connectivity index (χ4n) is 0.994. The lowest BCUT2D eigenvalue weighted by Crippen LogP contribution is -1.91. The Morgan fingerprint density at radius 3 is 2.58 bits per heavy atom. The fraction of sp³-hybridized carbons (Fsp3) is 0.333. The smallest absolute Gasteiger partial charge is 0.121 e. The molecule has 1 unspecified atom stereocenters. The summed E-state index contributed by atoms with van der Waals surface area (Å²) in [4.78, 5) is 1.05. The molecule has 0 fully saturated rings. The van der Waals surface area contributed by atoms with E-state index >= 15 is 0 Å². The number of aliphatic hydroxyl groups is 1. The first-order valence-corrected chi connectivity index (χ1v) is 4.92. The number of phenols is 1. The first-order valence-electron chi connectivity index (χ1n) is 3.70. The highest BCUT2D eigenvalue weighted by molar-refractivity contribution is 7.98. The number of thioether (sulfide) groups is 1. The third kappa shape index (κ3) is 1.93. The second-order valence-corrected chi connectivity index (χ2v) is 3.48. The van der Waals surface area contributed by atoms with Gasteiger partial charge in [0.05, 0.1) is 6.10 Å². The Morgan fingerprint density at radius 2 is 2.08 bits per heavy atom. The number of hydrogen-bond acceptors (Lipinski definition) is 3. The van der Waals surface area contributed by atoms with Gasteiger partial charge in [-0.05, 0) is 31.4 Å². The van der Waals surface area contributed by atoms with Crippen LogP contribution in [0.3, 0.4) is 0 Å². The summed E-state index contributed by atoms with van der Waals surface area (Å²) in [5.41, 5.74) is 0.585. The number of rotatable bonds is 2. The summed E-state index contributed by atoms with van der Waals surface area (Å²) < 4.78 is 0. The highest BCUT2D eigenvalue weighted by Gasteiger charge is 2.07. The van der Waals surface area contributed by atoms with Crippen molar-refractivity contribution in [1.29, 1.82) is 0 Å². The Morgan fingerprint density at radius 1 is 1.42 bits per heavy atom. The average Bonchev–Trinajstić information content (AvgIpc) is 2.05. The monoisotopic (exact) mass is 184 g/mol. The zero-order chi connectivity index (χ0) is 9.14. The van der Waals surface area contributed by atoms with Crippen LogP contribution < -0.4 is 0 Å². The van der Waals surface area contributed by atoms with Crippen molar-refractivity contribution >= 4 is 11.8 Å². The predicted octanol–water partition coefficient (Wildman–Crippen LogP) is 2.17. The van der Waals surface area contributed by atoms with E-state index in [4.69, 9.17) is 0 Å². The Labute approximate surface area is 76.2 Å². The third-order valence-electron chi connectivity index (χ3n) is 1.68. The van der Waals surface area contributed by atoms with E-state index in [1.807, 2.05) is 12.3 Å². The van der Waals surface area contributed by atoms with Gasteiger partial charge in [-0.25, -0.2) is 0 Å². The molecule has 1 aromatic carbocycles. The van der Waals surface area contributed by atoms with Crippen LogP contribution in [-0.4, -0.2) is 16.5 Å². The zero-order valence-electron chi connectivity index (χ0n) is 7.11. The van der Waals surface area contributed by atoms with E-state index in [1.165, 1.54) is 0 Å². The summed E-state index contributed by atoms with van der Waals surface area (Å²) in [7, 11) is 0. The van der Waals surface area contributed by atoms with Gasteiger partial charge in [-0.3, -0.25) is 0 Å². The van der Waals surface area contributed by atoms with Gasteiger partial charge < -0.3 is 10.2 Å². The summed E-state index contributed by atoms with van der Waals surface area (Å²) in [6.07, 6.45) is 1.34. The molecule has 0 radical (unpaired) electrons. The van der Waals surface area contributed by atoms with E-state index in [1.54, 1.807) is 30.8 Å². The minimum absolute atomic E-state index is 0.155. The standard InChI is InChI=1S/C9H12O2S/c1-6(10)8-5-7(12-2)3-4-9(8)11/h3-6,10-11H,1-2H3. The van der Waals surface area contributed by atoms with E-state index < -0.39 is 6.10 Å². The van der Waals surface area contributed by atoms with Crippen LogP contribution in [0.2, 0.25) is 0 Å². The highest BCUT2D eigenvalue weighted by atomic mass is 32.2. The Bertz CT molecular complexity index is 271. The molecule has 0 spiro atoms. The van der Waals surface area contributed by atoms with Crippen LogP contribution in [-0.2, 0) is 0 Å². The summed E-state index contributed by atoms with van der Waals surface area (Å²) in [5, 5.41) is 18.6. The molecule has 1 rings (SSSR count). The van der Waals surface area contributed by atoms with Gasteiger partial charge in [0.25, 0.3) is 0 Å². The van der Waals surface area contributed by atoms with Crippen LogP contribution in [0, 0.1) is 0 Å². The molecular weight excluding hydrogens is 172 g/mol. The number of aliphatic hydroxyl groups excluding tert-OH is 1. The first-order chi connectivity index (χ1) is 5.65. The maximum absolute atomic E-state index is 9.33. The molecule has 0 aliphatic rings. The van der Waals surface area contributed by atoms with Crippen molar-refractivity contribution in [3.63, 3.8) is 0 Å². The zero-order valence-corrected chi connectivity index (χ0v) is 7.93. The quantitative estimate of drug-likeness (QED) is 0.692. The predicted molar refractivity (Wildman–Crippen MR) is 50.5 cm³/mol. The topological polar surface area (TPSA) is 40.5 Å². The molecule has 0 heterocycles. The minimum Gasteiger partial charge on any atom is -0.508 e. The lowest BCUT2D eigenvalue weighted by Gasteiger charge is -2.08. The second-order valence-electron chi connectivity index (χ2n) is 2.60. The van der Waals surface area contributed by atoms with Crippen LogP contribution >= 0.6 is 11.8 Å². The molecule has 2 nitrogen and oxygen atoms in total. The van der Waals surface area contributed by atoms with Gasteiger partial charge >= 0.3 is 0 Å². The molecule has 0 aliphatic heterocycles. The van der Waals surface area contributed by atoms with Crippen LogP contribution in [0.25, 0.3) is 0 Å². The van der Waals surface area contributed by atoms with E-state index in [0.717, 1.165) is 4.90 Å². The molecule has 3 heteroatoms. The van der Waals surface area contributed by atoms with E-state index in [9.17, 15) is 10.2 Å². The van der Waals surface area contributed by atoms with Crippen LogP contribution in [0.1, 0.15) is 18.6 Å². The molecule has 2 N–H and O–H groups in total. The summed E-state index contributed by atoms with van der Waals surface area (Å²) in [6, 6.07) is 5.23. The lowest BCUT2D eigenvalue weighted by atomic mass is 10.1. The van der Waals surface area contributed by atoms with Crippen LogP contribution in [0.15, 0.2) is 23.1 Å². The molecule has 12 heavy (non-hydrogen) atoms. The molecule has 1 aromatic rings. The van der Waals surface area contributed by atoms with Crippen molar-refractivity contribution in [2.75, 3.05) is 6.26 Å². The summed E-state index contributed by atoms with van der Waals surface area (Å²) in [5.74, 6) is 0.155. The van der Waals surface area contributed by atoms with Crippen molar-refractivity contribution in [2.24, 2.45) is 0 Å². The molecule has 0 saturated heterocycles. The van der Waals surface area contributed by atoms with Gasteiger partial charge in [-0.2, -0.15) is 0 Å². The van der Waals surface area contributed by atoms with E-state index in [0.29, 0.717) is 5.56 Å². The highest BCUT2D eigenvalue weighted by Crippen LogP contribution is 2.28. The fourth-order valence-corrected chi connectivity index (χ4v) is 1.44. The average molecular weight is 184 g/mol. The lowest BCUT2D eigenvalue weighted by molar-refractivity contribution is 0.194. The Kier molecular flexibility index (Phi) is 3.00. The van der Waals surface area contributed by atoms with Crippen molar-refractivity contribution in [1.82, 2.24) is 0 Å².